The van der Waals surface area contributed by atoms with Crippen molar-refractivity contribution in [3.05, 3.63) is 12.7 Å². The Morgan fingerprint density at radius 3 is 1.95 bits per heavy atom. The maximum Gasteiger partial charge on any atom is 0.192 e. The zero-order valence-electron chi connectivity index (χ0n) is 27.2. The molecular weight excluding hydrogens is 548 g/mol. The second-order valence-electron chi connectivity index (χ2n) is 12.5. The third-order valence-electron chi connectivity index (χ3n) is 9.01. The molecule has 0 bridgehead atoms. The first-order valence-corrected chi connectivity index (χ1v) is 20.2. The van der Waals surface area contributed by atoms with Crippen molar-refractivity contribution in [1.29, 1.82) is 0 Å². The van der Waals surface area contributed by atoms with Crippen molar-refractivity contribution in [2.24, 2.45) is 5.92 Å². The highest BCUT2D eigenvalue weighted by Crippen LogP contribution is 2.43. The number of rotatable bonds is 20. The zero-order valence-corrected chi connectivity index (χ0v) is 29.2. The molecule has 1 aliphatic carbocycles. The van der Waals surface area contributed by atoms with Gasteiger partial charge in [-0.15, -0.1) is 6.58 Å². The average molecular weight is 609 g/mol. The first-order chi connectivity index (χ1) is 18.7. The van der Waals surface area contributed by atoms with Crippen LogP contribution in [0.5, 0.6) is 0 Å². The Labute approximate surface area is 246 Å². The van der Waals surface area contributed by atoms with Gasteiger partial charge in [-0.1, -0.05) is 47.6 Å². The summed E-state index contributed by atoms with van der Waals surface area (Å²) in [5.41, 5.74) is -1.18. The Morgan fingerprint density at radius 1 is 0.925 bits per heavy atom. The van der Waals surface area contributed by atoms with Crippen LogP contribution in [-0.2, 0) is 37.3 Å². The van der Waals surface area contributed by atoms with Crippen LogP contribution in [0.25, 0.3) is 0 Å². The number of ether oxygens (including phenoxy) is 6. The molecule has 0 radical (unpaired) electrons. The van der Waals surface area contributed by atoms with Gasteiger partial charge in [-0.05, 0) is 42.7 Å². The second-order valence-corrected chi connectivity index (χ2v) is 22.1. The molecule has 1 N–H and O–H groups in total. The Hall–Kier alpha value is -0.186. The van der Waals surface area contributed by atoms with Gasteiger partial charge in [0.1, 0.15) is 26.5 Å². The van der Waals surface area contributed by atoms with Crippen LogP contribution >= 0.6 is 0 Å². The monoisotopic (exact) mass is 608 g/mol. The molecule has 1 unspecified atom stereocenters. The van der Waals surface area contributed by atoms with E-state index in [9.17, 15) is 5.11 Å². The van der Waals surface area contributed by atoms with Gasteiger partial charge in [-0.3, -0.25) is 0 Å². The van der Waals surface area contributed by atoms with Gasteiger partial charge < -0.3 is 42.4 Å². The van der Waals surface area contributed by atoms with E-state index in [0.717, 1.165) is 18.1 Å². The molecular formula is C29H60O9Si2. The van der Waals surface area contributed by atoms with Gasteiger partial charge in [0.15, 0.2) is 16.6 Å². The van der Waals surface area contributed by atoms with Crippen LogP contribution in [0, 0.1) is 5.92 Å². The standard InChI is InChI=1S/C29H60O9Si2/c1-13-29(30)17-23(27(24(18-29)34-20-31-8)38-40(14-2,15-3)16-4)26(36-22-33-10)25(35-21-32-9)19-37-39(11,12)28(5,6)7/h13,23-27,30H,1,14-22H2,2-12H3/t23?,24-,25-,26+,27-,29+/m1/s1. The summed E-state index contributed by atoms with van der Waals surface area (Å²) < 4.78 is 48.7. The minimum absolute atomic E-state index is 0.0228. The smallest absolute Gasteiger partial charge is 0.192 e. The molecule has 0 aromatic carbocycles. The Balaban J connectivity index is 3.65. The highest BCUT2D eigenvalue weighted by Gasteiger charge is 2.52. The summed E-state index contributed by atoms with van der Waals surface area (Å²) in [6, 6.07) is 2.94. The summed E-state index contributed by atoms with van der Waals surface area (Å²) in [5.74, 6) is -0.310. The number of aliphatic hydroxyl groups is 1. The van der Waals surface area contributed by atoms with E-state index in [2.05, 4.69) is 61.2 Å². The molecule has 0 amide bonds. The van der Waals surface area contributed by atoms with E-state index in [1.165, 1.54) is 0 Å². The van der Waals surface area contributed by atoms with Gasteiger partial charge in [0.2, 0.25) is 0 Å². The maximum absolute atomic E-state index is 11.6. The summed E-state index contributed by atoms with van der Waals surface area (Å²) >= 11 is 0. The molecule has 6 atom stereocenters. The van der Waals surface area contributed by atoms with Gasteiger partial charge in [-0.25, -0.2) is 0 Å². The van der Waals surface area contributed by atoms with Crippen molar-refractivity contribution in [3.63, 3.8) is 0 Å². The van der Waals surface area contributed by atoms with Gasteiger partial charge in [0, 0.05) is 33.7 Å². The molecule has 9 nitrogen and oxygen atoms in total. The lowest BCUT2D eigenvalue weighted by Gasteiger charge is -2.50. The fourth-order valence-corrected chi connectivity index (χ4v) is 9.05. The Morgan fingerprint density at radius 2 is 1.48 bits per heavy atom. The van der Waals surface area contributed by atoms with Crippen LogP contribution < -0.4 is 0 Å². The second kappa shape index (κ2) is 17.2. The van der Waals surface area contributed by atoms with Crippen molar-refractivity contribution >= 4 is 16.6 Å². The van der Waals surface area contributed by atoms with Crippen molar-refractivity contribution in [3.8, 4) is 0 Å². The largest absolute Gasteiger partial charge is 0.414 e. The van der Waals surface area contributed by atoms with Gasteiger partial charge >= 0.3 is 0 Å². The molecule has 0 spiro atoms. The number of methoxy groups -OCH3 is 3. The number of hydrogen-bond donors (Lipinski definition) is 1. The van der Waals surface area contributed by atoms with E-state index >= 15 is 0 Å². The normalized spacial score (nSPS) is 26.1. The van der Waals surface area contributed by atoms with Crippen molar-refractivity contribution in [2.75, 3.05) is 48.3 Å². The molecule has 0 saturated heterocycles. The molecule has 1 rings (SSSR count). The third kappa shape index (κ3) is 10.5. The first-order valence-electron chi connectivity index (χ1n) is 14.7. The van der Waals surface area contributed by atoms with Crippen LogP contribution in [0.3, 0.4) is 0 Å². The predicted octanol–water partition coefficient (Wildman–Crippen LogP) is 5.69. The van der Waals surface area contributed by atoms with E-state index in [1.807, 2.05) is 0 Å². The molecule has 40 heavy (non-hydrogen) atoms. The van der Waals surface area contributed by atoms with Crippen molar-refractivity contribution in [1.82, 2.24) is 0 Å². The Bertz CT molecular complexity index is 706. The predicted molar refractivity (Wildman–Crippen MR) is 163 cm³/mol. The molecule has 1 fully saturated rings. The molecule has 0 aliphatic heterocycles. The third-order valence-corrected chi connectivity index (χ3v) is 18.2. The average Bonchev–Trinajstić information content (AvgIpc) is 2.92. The fraction of sp³-hybridized carbons (Fsp3) is 0.931. The molecule has 11 heteroatoms. The quantitative estimate of drug-likeness (QED) is 0.106. The lowest BCUT2D eigenvalue weighted by Crippen LogP contribution is -2.60. The maximum atomic E-state index is 11.6. The molecule has 0 aromatic heterocycles. The van der Waals surface area contributed by atoms with Crippen molar-refractivity contribution < 1.29 is 42.4 Å². The van der Waals surface area contributed by atoms with Crippen LogP contribution in [0.2, 0.25) is 36.3 Å². The molecule has 0 heterocycles. The summed E-state index contributed by atoms with van der Waals surface area (Å²) in [6.45, 7) is 22.2. The molecule has 238 valence electrons. The van der Waals surface area contributed by atoms with Crippen LogP contribution in [0.15, 0.2) is 12.7 Å². The SMILES string of the molecule is C=C[C@]1(O)CC([C@H](OCOC)[C@@H](CO[Si](C)(C)C(C)(C)C)OCOC)[C@@H](O[Si](CC)(CC)CC)[C@H](OCOC)C1. The van der Waals surface area contributed by atoms with Crippen LogP contribution in [0.1, 0.15) is 54.4 Å². The summed E-state index contributed by atoms with van der Waals surface area (Å²) in [5, 5.41) is 11.7. The van der Waals surface area contributed by atoms with E-state index in [1.54, 1.807) is 27.4 Å². The molecule has 1 aliphatic rings. The number of hydrogen-bond acceptors (Lipinski definition) is 9. The van der Waals surface area contributed by atoms with Crippen molar-refractivity contribution in [2.45, 2.75) is 121 Å². The minimum atomic E-state index is -2.11. The summed E-state index contributed by atoms with van der Waals surface area (Å²) in [7, 11) is 0.572. The van der Waals surface area contributed by atoms with Gasteiger partial charge in [-0.2, -0.15) is 0 Å². The highest BCUT2D eigenvalue weighted by molar-refractivity contribution is 6.74. The Kier molecular flexibility index (Phi) is 16.3. The highest BCUT2D eigenvalue weighted by atomic mass is 28.4. The zero-order chi connectivity index (χ0) is 30.6. The van der Waals surface area contributed by atoms with Gasteiger partial charge in [0.25, 0.3) is 0 Å². The van der Waals surface area contributed by atoms with E-state index < -0.39 is 40.5 Å². The lowest BCUT2D eigenvalue weighted by molar-refractivity contribution is -0.225. The lowest BCUT2D eigenvalue weighted by atomic mass is 9.71. The summed E-state index contributed by atoms with van der Waals surface area (Å²) in [4.78, 5) is 0. The minimum Gasteiger partial charge on any atom is -0.414 e. The molecule has 1 saturated carbocycles. The van der Waals surface area contributed by atoms with Crippen LogP contribution in [0.4, 0.5) is 0 Å². The fourth-order valence-electron chi connectivity index (χ4n) is 5.13. The van der Waals surface area contributed by atoms with E-state index in [0.29, 0.717) is 19.4 Å². The van der Waals surface area contributed by atoms with E-state index in [-0.39, 0.29) is 37.4 Å². The molecule has 0 aromatic rings. The topological polar surface area (TPSA) is 94.1 Å². The van der Waals surface area contributed by atoms with E-state index in [4.69, 9.17) is 37.3 Å². The van der Waals surface area contributed by atoms with Crippen LogP contribution in [-0.4, -0.2) is 100 Å². The first kappa shape index (κ1) is 37.8. The van der Waals surface area contributed by atoms with Gasteiger partial charge in [0.05, 0.1) is 30.5 Å². The summed E-state index contributed by atoms with van der Waals surface area (Å²) in [6.07, 6.45) is 0.495.